The summed E-state index contributed by atoms with van der Waals surface area (Å²) in [6, 6.07) is 9.56. The molecule has 3 atom stereocenters. The molecule has 5 rings (SSSR count). The highest BCUT2D eigenvalue weighted by Gasteiger charge is 2.64. The molecule has 0 bridgehead atoms. The maximum absolute atomic E-state index is 6.13. The maximum atomic E-state index is 6.13. The van der Waals surface area contributed by atoms with Crippen LogP contribution >= 0.6 is 0 Å². The Morgan fingerprint density at radius 2 is 1.88 bits per heavy atom. The molecule has 25 heavy (non-hydrogen) atoms. The van der Waals surface area contributed by atoms with E-state index in [1.54, 1.807) is 0 Å². The van der Waals surface area contributed by atoms with Gasteiger partial charge in [0.25, 0.3) is 0 Å². The van der Waals surface area contributed by atoms with Gasteiger partial charge in [0, 0.05) is 49.3 Å². The van der Waals surface area contributed by atoms with Crippen molar-refractivity contribution in [3.63, 3.8) is 0 Å². The second-order valence-electron chi connectivity index (χ2n) is 8.27. The first kappa shape index (κ1) is 16.1. The van der Waals surface area contributed by atoms with Crippen LogP contribution in [0, 0.1) is 11.3 Å². The third-order valence-corrected chi connectivity index (χ3v) is 7.14. The highest BCUT2D eigenvalue weighted by Crippen LogP contribution is 2.60. The predicted molar refractivity (Wildman–Crippen MR) is 98.8 cm³/mol. The Kier molecular flexibility index (Phi) is 4.23. The van der Waals surface area contributed by atoms with Crippen LogP contribution in [0.15, 0.2) is 24.3 Å². The van der Waals surface area contributed by atoms with Gasteiger partial charge >= 0.3 is 0 Å². The lowest BCUT2D eigenvalue weighted by Gasteiger charge is -2.57. The summed E-state index contributed by atoms with van der Waals surface area (Å²) in [5, 5.41) is 3.98. The molecular weight excluding hydrogens is 312 g/mol. The van der Waals surface area contributed by atoms with Gasteiger partial charge in [-0.05, 0) is 30.9 Å². The van der Waals surface area contributed by atoms with E-state index in [9.17, 15) is 0 Å². The first-order valence-electron chi connectivity index (χ1n) is 10.1. The van der Waals surface area contributed by atoms with E-state index in [4.69, 9.17) is 9.47 Å². The van der Waals surface area contributed by atoms with Crippen molar-refractivity contribution in [1.82, 2.24) is 5.32 Å². The van der Waals surface area contributed by atoms with E-state index >= 15 is 0 Å². The third kappa shape index (κ3) is 2.61. The number of para-hydroxylation sites is 1. The van der Waals surface area contributed by atoms with Gasteiger partial charge in [-0.1, -0.05) is 31.0 Å². The van der Waals surface area contributed by atoms with Crippen LogP contribution in [0.2, 0.25) is 0 Å². The van der Waals surface area contributed by atoms with E-state index in [0.29, 0.717) is 17.6 Å². The molecule has 136 valence electrons. The molecule has 4 nitrogen and oxygen atoms in total. The zero-order valence-corrected chi connectivity index (χ0v) is 15.1. The quantitative estimate of drug-likeness (QED) is 0.912. The largest absolute Gasteiger partial charge is 0.378 e. The van der Waals surface area contributed by atoms with Crippen molar-refractivity contribution in [2.45, 2.75) is 50.8 Å². The van der Waals surface area contributed by atoms with Crippen molar-refractivity contribution in [2.75, 3.05) is 37.8 Å². The molecule has 4 aliphatic rings. The molecule has 0 amide bonds. The fourth-order valence-electron chi connectivity index (χ4n) is 6.00. The van der Waals surface area contributed by atoms with E-state index in [1.165, 1.54) is 43.4 Å². The van der Waals surface area contributed by atoms with Gasteiger partial charge in [-0.2, -0.15) is 0 Å². The van der Waals surface area contributed by atoms with Crippen molar-refractivity contribution in [2.24, 2.45) is 11.3 Å². The average Bonchev–Trinajstić information content (AvgIpc) is 3.32. The normalized spacial score (nSPS) is 33.4. The minimum Gasteiger partial charge on any atom is -0.378 e. The monoisotopic (exact) mass is 342 g/mol. The Hall–Kier alpha value is -1.10. The zero-order chi connectivity index (χ0) is 16.7. The summed E-state index contributed by atoms with van der Waals surface area (Å²) in [4.78, 5) is 2.48. The number of anilines is 1. The predicted octanol–water partition coefficient (Wildman–Crippen LogP) is 2.96. The van der Waals surface area contributed by atoms with Crippen molar-refractivity contribution in [3.8, 4) is 0 Å². The number of benzene rings is 1. The molecule has 2 heterocycles. The minimum absolute atomic E-state index is 0.440. The van der Waals surface area contributed by atoms with Gasteiger partial charge in [-0.15, -0.1) is 0 Å². The van der Waals surface area contributed by atoms with Crippen LogP contribution in [0.25, 0.3) is 0 Å². The number of hydrogen-bond donors (Lipinski definition) is 1. The van der Waals surface area contributed by atoms with Gasteiger partial charge in [0.1, 0.15) is 0 Å². The number of ether oxygens (including phenoxy) is 2. The van der Waals surface area contributed by atoms with E-state index in [2.05, 4.69) is 34.5 Å². The molecule has 0 unspecified atom stereocenters. The molecule has 2 saturated carbocycles. The number of nitrogens with zero attached hydrogens (tertiary/aromatic N) is 1. The highest BCUT2D eigenvalue weighted by atomic mass is 16.5. The van der Waals surface area contributed by atoms with Crippen molar-refractivity contribution < 1.29 is 9.47 Å². The topological polar surface area (TPSA) is 33.7 Å². The Morgan fingerprint density at radius 3 is 2.72 bits per heavy atom. The summed E-state index contributed by atoms with van der Waals surface area (Å²) in [6.45, 7) is 5.64. The van der Waals surface area contributed by atoms with Gasteiger partial charge in [0.05, 0.1) is 19.3 Å². The smallest absolute Gasteiger partial charge is 0.0690 e. The molecule has 0 radical (unpaired) electrons. The Labute approximate surface area is 150 Å². The van der Waals surface area contributed by atoms with Crippen LogP contribution < -0.4 is 10.2 Å². The second-order valence-corrected chi connectivity index (χ2v) is 8.27. The zero-order valence-electron chi connectivity index (χ0n) is 15.1. The van der Waals surface area contributed by atoms with Crippen molar-refractivity contribution >= 4 is 5.69 Å². The number of hydrogen-bond acceptors (Lipinski definition) is 4. The molecule has 2 saturated heterocycles. The summed E-state index contributed by atoms with van der Waals surface area (Å²) in [5.41, 5.74) is 3.26. The van der Waals surface area contributed by atoms with Crippen molar-refractivity contribution in [1.29, 1.82) is 0 Å². The fraction of sp³-hybridized carbons (Fsp3) is 0.714. The fourth-order valence-corrected chi connectivity index (χ4v) is 6.00. The average molecular weight is 342 g/mol. The summed E-state index contributed by atoms with van der Waals surface area (Å²) in [6.07, 6.45) is 7.27. The highest BCUT2D eigenvalue weighted by molar-refractivity contribution is 5.54. The van der Waals surface area contributed by atoms with Crippen LogP contribution in [0.3, 0.4) is 0 Å². The molecule has 4 heteroatoms. The van der Waals surface area contributed by atoms with Gasteiger partial charge in [-0.3, -0.25) is 0 Å². The molecule has 4 fully saturated rings. The summed E-state index contributed by atoms with van der Waals surface area (Å²) >= 11 is 0. The number of rotatable bonds is 4. The number of nitrogens with one attached hydrogen (secondary N) is 1. The molecule has 2 aliphatic heterocycles. The van der Waals surface area contributed by atoms with Crippen LogP contribution in [0.4, 0.5) is 5.69 Å². The molecule has 1 spiro atoms. The summed E-state index contributed by atoms with van der Waals surface area (Å²) in [7, 11) is 0. The molecule has 1 aromatic carbocycles. The maximum Gasteiger partial charge on any atom is 0.0690 e. The molecular formula is C21H30N2O2. The van der Waals surface area contributed by atoms with E-state index in [0.717, 1.165) is 45.4 Å². The Balaban J connectivity index is 1.31. The first-order valence-corrected chi connectivity index (χ1v) is 10.1. The first-order chi connectivity index (χ1) is 12.4. The summed E-state index contributed by atoms with van der Waals surface area (Å²) in [5.74, 6) is 0.744. The number of morpholine rings is 1. The van der Waals surface area contributed by atoms with Gasteiger partial charge < -0.3 is 19.7 Å². The molecule has 2 aliphatic carbocycles. The SMILES string of the molecule is c1ccc(N2CCOCC2)c(CN[C@@H]2[C@H]3CCO[C@@H]3C23CCCC3)c1. The second kappa shape index (κ2) is 6.57. The van der Waals surface area contributed by atoms with E-state index < -0.39 is 0 Å². The molecule has 0 aromatic heterocycles. The van der Waals surface area contributed by atoms with Gasteiger partial charge in [-0.25, -0.2) is 0 Å². The van der Waals surface area contributed by atoms with Gasteiger partial charge in [0.2, 0.25) is 0 Å². The third-order valence-electron chi connectivity index (χ3n) is 7.14. The standard InChI is InChI=1S/C21H30N2O2/c1-2-6-18(23-10-13-24-14-11-23)16(5-1)15-22-19-17-7-12-25-20(17)21(19)8-3-4-9-21/h1-2,5-6,17,19-20,22H,3-4,7-15H2/t17-,19-,20+/m1/s1. The lowest BCUT2D eigenvalue weighted by Crippen LogP contribution is -2.67. The van der Waals surface area contributed by atoms with Gasteiger partial charge in [0.15, 0.2) is 0 Å². The van der Waals surface area contributed by atoms with E-state index in [-0.39, 0.29) is 0 Å². The lowest BCUT2D eigenvalue weighted by molar-refractivity contribution is -0.130. The number of fused-ring (bicyclic) bond motifs is 2. The Bertz CT molecular complexity index is 608. The van der Waals surface area contributed by atoms with Crippen LogP contribution in [0.1, 0.15) is 37.7 Å². The summed E-state index contributed by atoms with van der Waals surface area (Å²) < 4.78 is 11.7. The Morgan fingerprint density at radius 1 is 1.08 bits per heavy atom. The van der Waals surface area contributed by atoms with E-state index in [1.807, 2.05) is 0 Å². The van der Waals surface area contributed by atoms with Crippen LogP contribution in [-0.4, -0.2) is 45.1 Å². The molecule has 1 N–H and O–H groups in total. The van der Waals surface area contributed by atoms with Crippen LogP contribution in [-0.2, 0) is 16.0 Å². The van der Waals surface area contributed by atoms with Crippen LogP contribution in [0.5, 0.6) is 0 Å². The molecule has 1 aromatic rings. The lowest BCUT2D eigenvalue weighted by atomic mass is 9.54. The minimum atomic E-state index is 0.440. The van der Waals surface area contributed by atoms with Crippen molar-refractivity contribution in [3.05, 3.63) is 29.8 Å².